The molecule has 0 radical (unpaired) electrons. The summed E-state index contributed by atoms with van der Waals surface area (Å²) < 4.78 is 0. The zero-order chi connectivity index (χ0) is 15.2. The smallest absolute Gasteiger partial charge is 0.0439 e. The number of nitrogens with two attached hydrogens (primary N) is 1. The lowest BCUT2D eigenvalue weighted by molar-refractivity contribution is 0.231. The summed E-state index contributed by atoms with van der Waals surface area (Å²) in [6, 6.07) is 5.86. The van der Waals surface area contributed by atoms with Crippen LogP contribution in [-0.2, 0) is 6.42 Å². The van der Waals surface area contributed by atoms with Crippen LogP contribution >= 0.6 is 23.2 Å². The third-order valence-electron chi connectivity index (χ3n) is 4.93. The second-order valence-corrected chi connectivity index (χ2v) is 7.37. The van der Waals surface area contributed by atoms with E-state index in [0.29, 0.717) is 5.92 Å². The van der Waals surface area contributed by atoms with Crippen molar-refractivity contribution in [1.82, 2.24) is 0 Å². The molecule has 1 fully saturated rings. The molecule has 2 N–H and O–H groups in total. The maximum Gasteiger partial charge on any atom is 0.0439 e. The largest absolute Gasteiger partial charge is 0.327 e. The predicted octanol–water partition coefficient (Wildman–Crippen LogP) is 5.86. The summed E-state index contributed by atoms with van der Waals surface area (Å²) in [5, 5.41) is 1.52. The molecule has 1 atom stereocenters. The molecule has 1 aromatic carbocycles. The highest BCUT2D eigenvalue weighted by atomic mass is 35.5. The number of halogens is 2. The summed E-state index contributed by atoms with van der Waals surface area (Å²) in [4.78, 5) is 0. The third-order valence-corrected chi connectivity index (χ3v) is 5.53. The van der Waals surface area contributed by atoms with Gasteiger partial charge in [0.15, 0.2) is 0 Å². The second kappa shape index (κ2) is 8.41. The molecule has 0 heterocycles. The van der Waals surface area contributed by atoms with Crippen LogP contribution < -0.4 is 5.73 Å². The van der Waals surface area contributed by atoms with Gasteiger partial charge in [-0.05, 0) is 54.9 Å². The van der Waals surface area contributed by atoms with Crippen LogP contribution in [0.3, 0.4) is 0 Å². The number of benzene rings is 1. The Labute approximate surface area is 139 Å². The van der Waals surface area contributed by atoms with Gasteiger partial charge in [0.05, 0.1) is 0 Å². The van der Waals surface area contributed by atoms with E-state index in [9.17, 15) is 0 Å². The second-order valence-electron chi connectivity index (χ2n) is 6.53. The molecule has 1 saturated carbocycles. The van der Waals surface area contributed by atoms with Crippen LogP contribution in [0.25, 0.3) is 0 Å². The number of rotatable bonds is 6. The first-order valence-corrected chi connectivity index (χ1v) is 9.05. The number of hydrogen-bond donors (Lipinski definition) is 1. The number of unbranched alkanes of at least 4 members (excludes halogenated alkanes) is 1. The highest BCUT2D eigenvalue weighted by Gasteiger charge is 2.25. The van der Waals surface area contributed by atoms with Gasteiger partial charge >= 0.3 is 0 Å². The van der Waals surface area contributed by atoms with Crippen LogP contribution in [0.5, 0.6) is 0 Å². The van der Waals surface area contributed by atoms with Crippen molar-refractivity contribution in [1.29, 1.82) is 0 Å². The zero-order valence-corrected chi connectivity index (χ0v) is 14.5. The summed E-state index contributed by atoms with van der Waals surface area (Å²) >= 11 is 12.3. The van der Waals surface area contributed by atoms with Gasteiger partial charge in [-0.2, -0.15) is 0 Å². The van der Waals surface area contributed by atoms with E-state index in [2.05, 4.69) is 6.92 Å². The predicted molar refractivity (Wildman–Crippen MR) is 93.1 cm³/mol. The molecule has 0 bridgehead atoms. The van der Waals surface area contributed by atoms with E-state index in [1.165, 1.54) is 44.9 Å². The SMILES string of the molecule is CCCCC1CCC(C(N)Cc2cc(Cl)ccc2Cl)CC1. The molecule has 1 aromatic rings. The van der Waals surface area contributed by atoms with Gasteiger partial charge in [0.1, 0.15) is 0 Å². The van der Waals surface area contributed by atoms with E-state index in [-0.39, 0.29) is 6.04 Å². The van der Waals surface area contributed by atoms with Crippen LogP contribution in [0.4, 0.5) is 0 Å². The monoisotopic (exact) mass is 327 g/mol. The molecule has 3 heteroatoms. The van der Waals surface area contributed by atoms with Gasteiger partial charge in [-0.3, -0.25) is 0 Å². The average molecular weight is 328 g/mol. The third kappa shape index (κ3) is 5.16. The number of hydrogen-bond acceptors (Lipinski definition) is 1. The Morgan fingerprint density at radius 3 is 2.57 bits per heavy atom. The maximum absolute atomic E-state index is 6.44. The molecule has 0 aromatic heterocycles. The van der Waals surface area contributed by atoms with Gasteiger partial charge in [0.2, 0.25) is 0 Å². The van der Waals surface area contributed by atoms with Crippen LogP contribution in [0.1, 0.15) is 57.4 Å². The molecule has 0 amide bonds. The lowest BCUT2D eigenvalue weighted by atomic mass is 9.76. The van der Waals surface area contributed by atoms with Gasteiger partial charge in [-0.25, -0.2) is 0 Å². The fourth-order valence-electron chi connectivity index (χ4n) is 3.52. The minimum atomic E-state index is 0.202. The zero-order valence-electron chi connectivity index (χ0n) is 13.0. The van der Waals surface area contributed by atoms with Gasteiger partial charge in [-0.1, -0.05) is 62.2 Å². The van der Waals surface area contributed by atoms with Gasteiger partial charge in [0.25, 0.3) is 0 Å². The van der Waals surface area contributed by atoms with Crippen molar-refractivity contribution in [3.63, 3.8) is 0 Å². The minimum absolute atomic E-state index is 0.202. The lowest BCUT2D eigenvalue weighted by Gasteiger charge is -2.32. The highest BCUT2D eigenvalue weighted by molar-refractivity contribution is 6.33. The molecule has 1 unspecified atom stereocenters. The first kappa shape index (κ1) is 17.1. The van der Waals surface area contributed by atoms with Crippen molar-refractivity contribution in [2.45, 2.75) is 64.3 Å². The molecule has 2 rings (SSSR count). The molecular weight excluding hydrogens is 301 g/mol. The summed E-state index contributed by atoms with van der Waals surface area (Å²) in [5.41, 5.74) is 7.53. The fourth-order valence-corrected chi connectivity index (χ4v) is 3.91. The quantitative estimate of drug-likeness (QED) is 0.695. The molecule has 1 aliphatic rings. The van der Waals surface area contributed by atoms with Crippen molar-refractivity contribution >= 4 is 23.2 Å². The van der Waals surface area contributed by atoms with Crippen molar-refractivity contribution in [3.05, 3.63) is 33.8 Å². The van der Waals surface area contributed by atoms with E-state index in [4.69, 9.17) is 28.9 Å². The molecular formula is C18H27Cl2N. The summed E-state index contributed by atoms with van der Waals surface area (Å²) in [7, 11) is 0. The Bertz CT molecular complexity index is 439. The normalized spacial score (nSPS) is 24.0. The van der Waals surface area contributed by atoms with Gasteiger partial charge < -0.3 is 5.73 Å². The maximum atomic E-state index is 6.44. The van der Waals surface area contributed by atoms with Crippen LogP contribution in [0.15, 0.2) is 18.2 Å². The molecule has 0 aliphatic heterocycles. The molecule has 1 aliphatic carbocycles. The van der Waals surface area contributed by atoms with Crippen LogP contribution in [0.2, 0.25) is 10.0 Å². The highest BCUT2D eigenvalue weighted by Crippen LogP contribution is 2.34. The minimum Gasteiger partial charge on any atom is -0.327 e. The summed E-state index contributed by atoms with van der Waals surface area (Å²) in [6.45, 7) is 2.27. The summed E-state index contributed by atoms with van der Waals surface area (Å²) in [5.74, 6) is 1.57. The lowest BCUT2D eigenvalue weighted by Crippen LogP contribution is -2.35. The molecule has 21 heavy (non-hydrogen) atoms. The topological polar surface area (TPSA) is 26.0 Å². The Morgan fingerprint density at radius 1 is 1.19 bits per heavy atom. The fraction of sp³-hybridized carbons (Fsp3) is 0.667. The van der Waals surface area contributed by atoms with E-state index in [1.807, 2.05) is 18.2 Å². The van der Waals surface area contributed by atoms with Gasteiger partial charge in [0, 0.05) is 16.1 Å². The van der Waals surface area contributed by atoms with Crippen molar-refractivity contribution in [2.75, 3.05) is 0 Å². The van der Waals surface area contributed by atoms with Crippen molar-refractivity contribution in [3.8, 4) is 0 Å². The Balaban J connectivity index is 1.84. The molecule has 0 saturated heterocycles. The van der Waals surface area contributed by atoms with E-state index >= 15 is 0 Å². The van der Waals surface area contributed by atoms with E-state index < -0.39 is 0 Å². The first-order valence-electron chi connectivity index (χ1n) is 8.29. The average Bonchev–Trinajstić information content (AvgIpc) is 2.49. The van der Waals surface area contributed by atoms with Crippen molar-refractivity contribution in [2.24, 2.45) is 17.6 Å². The first-order chi connectivity index (χ1) is 10.1. The van der Waals surface area contributed by atoms with E-state index in [1.54, 1.807) is 0 Å². The summed E-state index contributed by atoms with van der Waals surface area (Å²) in [6.07, 6.45) is 10.2. The van der Waals surface area contributed by atoms with Gasteiger partial charge in [-0.15, -0.1) is 0 Å². The molecule has 0 spiro atoms. The van der Waals surface area contributed by atoms with Crippen LogP contribution in [-0.4, -0.2) is 6.04 Å². The van der Waals surface area contributed by atoms with Crippen molar-refractivity contribution < 1.29 is 0 Å². The Morgan fingerprint density at radius 2 is 1.90 bits per heavy atom. The molecule has 118 valence electrons. The standard InChI is InChI=1S/C18H27Cl2N/c1-2-3-4-13-5-7-14(8-6-13)18(21)12-15-11-16(19)9-10-17(15)20/h9-11,13-14,18H,2-8,12,21H2,1H3. The molecule has 1 nitrogen and oxygen atoms in total. The van der Waals surface area contributed by atoms with E-state index in [0.717, 1.165) is 27.9 Å². The Kier molecular flexibility index (Phi) is 6.85. The van der Waals surface area contributed by atoms with Crippen LogP contribution in [0, 0.1) is 11.8 Å². The Hall–Kier alpha value is -0.240.